The van der Waals surface area contributed by atoms with Crippen LogP contribution in [0, 0.1) is 5.82 Å². The summed E-state index contributed by atoms with van der Waals surface area (Å²) in [5.41, 5.74) is 5.94. The van der Waals surface area contributed by atoms with Crippen molar-refractivity contribution in [3.05, 3.63) is 29.1 Å². The Morgan fingerprint density at radius 1 is 1.53 bits per heavy atom. The van der Waals surface area contributed by atoms with E-state index in [2.05, 4.69) is 0 Å². The third-order valence-electron chi connectivity index (χ3n) is 2.20. The summed E-state index contributed by atoms with van der Waals surface area (Å²) >= 11 is 0. The Bertz CT molecular complexity index is 377. The van der Waals surface area contributed by atoms with E-state index < -0.39 is 11.6 Å². The van der Waals surface area contributed by atoms with Crippen molar-refractivity contribution >= 4 is 5.78 Å². The highest BCUT2D eigenvalue weighted by molar-refractivity contribution is 5.98. The number of phenols is 1. The summed E-state index contributed by atoms with van der Waals surface area (Å²) in [6, 6.07) is 2.74. The molecule has 3 N–H and O–H groups in total. The number of benzene rings is 1. The standard InChI is InChI=1S/C11H14FNO2/c1-2-7-5-8(10(14)3-4-13)11(15)9(12)6-7/h5-6,15H,2-4,13H2,1H3. The number of phenolic OH excluding ortho intramolecular Hbond substituents is 1. The summed E-state index contributed by atoms with van der Waals surface area (Å²) < 4.78 is 13.2. The Labute approximate surface area is 87.7 Å². The number of carbonyl (C=O) groups excluding carboxylic acids is 1. The smallest absolute Gasteiger partial charge is 0.167 e. The highest BCUT2D eigenvalue weighted by atomic mass is 19.1. The van der Waals surface area contributed by atoms with Gasteiger partial charge in [0, 0.05) is 6.42 Å². The molecule has 0 aliphatic rings. The minimum Gasteiger partial charge on any atom is -0.504 e. The molecule has 0 aromatic heterocycles. The van der Waals surface area contributed by atoms with Gasteiger partial charge in [-0.15, -0.1) is 0 Å². The van der Waals surface area contributed by atoms with Crippen LogP contribution in [0.15, 0.2) is 12.1 Å². The van der Waals surface area contributed by atoms with E-state index in [0.29, 0.717) is 12.0 Å². The van der Waals surface area contributed by atoms with Gasteiger partial charge >= 0.3 is 0 Å². The number of hydrogen-bond donors (Lipinski definition) is 2. The average Bonchev–Trinajstić information content (AvgIpc) is 2.22. The molecule has 0 atom stereocenters. The van der Waals surface area contributed by atoms with Gasteiger partial charge in [0.05, 0.1) is 5.56 Å². The molecular weight excluding hydrogens is 197 g/mol. The van der Waals surface area contributed by atoms with Gasteiger partial charge in [0.25, 0.3) is 0 Å². The van der Waals surface area contributed by atoms with Crippen LogP contribution in [0.2, 0.25) is 0 Å². The fourth-order valence-corrected chi connectivity index (χ4v) is 1.34. The topological polar surface area (TPSA) is 63.3 Å². The second-order valence-corrected chi connectivity index (χ2v) is 3.29. The maximum Gasteiger partial charge on any atom is 0.167 e. The minimum absolute atomic E-state index is 0.0253. The predicted octanol–water partition coefficient (Wildman–Crippen LogP) is 1.63. The van der Waals surface area contributed by atoms with Crippen LogP contribution in [-0.4, -0.2) is 17.4 Å². The van der Waals surface area contributed by atoms with Gasteiger partial charge < -0.3 is 10.8 Å². The third kappa shape index (κ3) is 2.53. The lowest BCUT2D eigenvalue weighted by molar-refractivity contribution is 0.0982. The number of aryl methyl sites for hydroxylation is 1. The van der Waals surface area contributed by atoms with E-state index >= 15 is 0 Å². The van der Waals surface area contributed by atoms with Gasteiger partial charge in [0.1, 0.15) is 0 Å². The number of halogens is 1. The molecule has 82 valence electrons. The molecule has 0 saturated carbocycles. The summed E-state index contributed by atoms with van der Waals surface area (Å²) in [6.07, 6.45) is 0.722. The number of nitrogens with two attached hydrogens (primary N) is 1. The van der Waals surface area contributed by atoms with Gasteiger partial charge in [0.15, 0.2) is 17.3 Å². The Balaban J connectivity index is 3.15. The summed E-state index contributed by atoms with van der Waals surface area (Å²) in [4.78, 5) is 11.5. The zero-order valence-corrected chi connectivity index (χ0v) is 8.59. The summed E-state index contributed by atoms with van der Waals surface area (Å²) in [5, 5.41) is 9.38. The summed E-state index contributed by atoms with van der Waals surface area (Å²) in [7, 11) is 0. The van der Waals surface area contributed by atoms with Crippen LogP contribution in [-0.2, 0) is 6.42 Å². The van der Waals surface area contributed by atoms with Gasteiger partial charge in [-0.2, -0.15) is 0 Å². The molecule has 1 aromatic rings. The van der Waals surface area contributed by atoms with Crippen molar-refractivity contribution < 1.29 is 14.3 Å². The highest BCUT2D eigenvalue weighted by Gasteiger charge is 2.15. The third-order valence-corrected chi connectivity index (χ3v) is 2.20. The van der Waals surface area contributed by atoms with Gasteiger partial charge in [-0.1, -0.05) is 6.92 Å². The van der Waals surface area contributed by atoms with E-state index in [0.717, 1.165) is 0 Å². The summed E-state index contributed by atoms with van der Waals surface area (Å²) in [5.74, 6) is -1.66. The van der Waals surface area contributed by atoms with Crippen molar-refractivity contribution in [3.8, 4) is 5.75 Å². The lowest BCUT2D eigenvalue weighted by atomic mass is 10.0. The average molecular weight is 211 g/mol. The Morgan fingerprint density at radius 3 is 2.73 bits per heavy atom. The van der Waals surface area contributed by atoms with Gasteiger partial charge in [-0.25, -0.2) is 4.39 Å². The molecule has 1 aromatic carbocycles. The molecule has 0 amide bonds. The van der Waals surface area contributed by atoms with Crippen LogP contribution in [0.25, 0.3) is 0 Å². The molecule has 0 bridgehead atoms. The largest absolute Gasteiger partial charge is 0.504 e. The monoisotopic (exact) mass is 211 g/mol. The van der Waals surface area contributed by atoms with Crippen LogP contribution in [0.3, 0.4) is 0 Å². The molecule has 0 heterocycles. The van der Waals surface area contributed by atoms with Crippen LogP contribution in [0.5, 0.6) is 5.75 Å². The molecule has 4 heteroatoms. The molecule has 0 unspecified atom stereocenters. The molecule has 15 heavy (non-hydrogen) atoms. The molecule has 0 aliphatic heterocycles. The van der Waals surface area contributed by atoms with Gasteiger partial charge in [0.2, 0.25) is 0 Å². The highest BCUT2D eigenvalue weighted by Crippen LogP contribution is 2.24. The fraction of sp³-hybridized carbons (Fsp3) is 0.364. The Hall–Kier alpha value is -1.42. The fourth-order valence-electron chi connectivity index (χ4n) is 1.34. The number of aromatic hydroxyl groups is 1. The normalized spacial score (nSPS) is 10.3. The van der Waals surface area contributed by atoms with E-state index in [9.17, 15) is 14.3 Å². The Kier molecular flexibility index (Phi) is 3.80. The molecular formula is C11H14FNO2. The van der Waals surface area contributed by atoms with Crippen molar-refractivity contribution in [1.29, 1.82) is 0 Å². The molecule has 3 nitrogen and oxygen atoms in total. The molecule has 0 fully saturated rings. The number of carbonyl (C=O) groups is 1. The lowest BCUT2D eigenvalue weighted by Gasteiger charge is -2.06. The van der Waals surface area contributed by atoms with Crippen LogP contribution >= 0.6 is 0 Å². The molecule has 0 radical (unpaired) electrons. The molecule has 0 spiro atoms. The Morgan fingerprint density at radius 2 is 2.20 bits per heavy atom. The maximum absolute atomic E-state index is 13.2. The van der Waals surface area contributed by atoms with Crippen molar-refractivity contribution in [1.82, 2.24) is 0 Å². The molecule has 1 rings (SSSR count). The zero-order valence-electron chi connectivity index (χ0n) is 8.59. The number of hydrogen-bond acceptors (Lipinski definition) is 3. The first-order valence-electron chi connectivity index (χ1n) is 4.84. The first-order valence-corrected chi connectivity index (χ1v) is 4.84. The van der Waals surface area contributed by atoms with Crippen molar-refractivity contribution in [2.24, 2.45) is 5.73 Å². The van der Waals surface area contributed by atoms with E-state index in [1.54, 1.807) is 0 Å². The minimum atomic E-state index is -0.755. The van der Waals surface area contributed by atoms with Crippen LogP contribution in [0.1, 0.15) is 29.3 Å². The number of rotatable bonds is 4. The van der Waals surface area contributed by atoms with Gasteiger partial charge in [-0.3, -0.25) is 4.79 Å². The first kappa shape index (κ1) is 11.7. The van der Waals surface area contributed by atoms with Crippen molar-refractivity contribution in [3.63, 3.8) is 0 Å². The van der Waals surface area contributed by atoms with E-state index in [4.69, 9.17) is 5.73 Å². The van der Waals surface area contributed by atoms with Crippen LogP contribution < -0.4 is 5.73 Å². The van der Waals surface area contributed by atoms with E-state index in [-0.39, 0.29) is 24.3 Å². The second-order valence-electron chi connectivity index (χ2n) is 3.29. The quantitative estimate of drug-likeness (QED) is 0.744. The number of ketones is 1. The van der Waals surface area contributed by atoms with Gasteiger partial charge in [-0.05, 0) is 30.7 Å². The zero-order chi connectivity index (χ0) is 11.4. The van der Waals surface area contributed by atoms with Crippen molar-refractivity contribution in [2.45, 2.75) is 19.8 Å². The molecule has 0 saturated heterocycles. The maximum atomic E-state index is 13.2. The van der Waals surface area contributed by atoms with Crippen molar-refractivity contribution in [2.75, 3.05) is 6.54 Å². The van der Waals surface area contributed by atoms with E-state index in [1.807, 2.05) is 6.92 Å². The lowest BCUT2D eigenvalue weighted by Crippen LogP contribution is -2.09. The molecule has 0 aliphatic carbocycles. The summed E-state index contributed by atoms with van der Waals surface area (Å²) in [6.45, 7) is 2.04. The second kappa shape index (κ2) is 4.89. The predicted molar refractivity (Wildman–Crippen MR) is 55.4 cm³/mol. The first-order chi connectivity index (χ1) is 7.10. The number of Topliss-reactive ketones (excluding diaryl/α,β-unsaturated/α-hetero) is 1. The SMILES string of the molecule is CCc1cc(F)c(O)c(C(=O)CCN)c1. The van der Waals surface area contributed by atoms with E-state index in [1.165, 1.54) is 12.1 Å². The van der Waals surface area contributed by atoms with Crippen LogP contribution in [0.4, 0.5) is 4.39 Å².